The van der Waals surface area contributed by atoms with Crippen LogP contribution in [0.25, 0.3) is 0 Å². The van der Waals surface area contributed by atoms with Crippen molar-refractivity contribution in [1.29, 1.82) is 0 Å². The summed E-state index contributed by atoms with van der Waals surface area (Å²) in [4.78, 5) is 28.8. The molecule has 184 valence electrons. The average Bonchev–Trinajstić information content (AvgIpc) is 3.38. The SMILES string of the molecule is CC(O)c1ccc(Oc2ccc(CNC(=O)C3(NC(=O)c4nccs4)CC3)cc2)c(C(F)(F)F)c1. The van der Waals surface area contributed by atoms with E-state index in [-0.39, 0.29) is 34.5 Å². The number of hydrogen-bond donors (Lipinski definition) is 3. The Bertz CT molecular complexity index is 1210. The Hall–Kier alpha value is -3.44. The summed E-state index contributed by atoms with van der Waals surface area (Å²) in [6, 6.07) is 9.67. The van der Waals surface area contributed by atoms with Crippen molar-refractivity contribution in [2.45, 2.75) is 44.1 Å². The van der Waals surface area contributed by atoms with Crippen LogP contribution in [0.4, 0.5) is 13.2 Å². The molecule has 1 aliphatic rings. The molecule has 1 saturated carbocycles. The van der Waals surface area contributed by atoms with Gasteiger partial charge in [0, 0.05) is 18.1 Å². The summed E-state index contributed by atoms with van der Waals surface area (Å²) in [5.41, 5.74) is -1.10. The second-order valence-corrected chi connectivity index (χ2v) is 9.13. The van der Waals surface area contributed by atoms with Crippen molar-refractivity contribution in [2.75, 3.05) is 0 Å². The van der Waals surface area contributed by atoms with Gasteiger partial charge in [-0.15, -0.1) is 11.3 Å². The van der Waals surface area contributed by atoms with Gasteiger partial charge in [0.15, 0.2) is 5.01 Å². The number of hydrogen-bond acceptors (Lipinski definition) is 6. The molecule has 4 rings (SSSR count). The van der Waals surface area contributed by atoms with Gasteiger partial charge in [-0.05, 0) is 55.2 Å². The minimum atomic E-state index is -4.65. The van der Waals surface area contributed by atoms with Gasteiger partial charge in [0.25, 0.3) is 5.91 Å². The van der Waals surface area contributed by atoms with Crippen molar-refractivity contribution in [1.82, 2.24) is 15.6 Å². The van der Waals surface area contributed by atoms with Gasteiger partial charge in [0.1, 0.15) is 17.0 Å². The molecule has 1 unspecified atom stereocenters. The van der Waals surface area contributed by atoms with Gasteiger partial charge in [-0.25, -0.2) is 4.98 Å². The summed E-state index contributed by atoms with van der Waals surface area (Å²) in [5.74, 6) is -0.899. The number of ether oxygens (including phenoxy) is 1. The molecule has 2 aromatic carbocycles. The molecule has 3 N–H and O–H groups in total. The molecule has 1 heterocycles. The van der Waals surface area contributed by atoms with Crippen LogP contribution in [0, 0.1) is 0 Å². The molecule has 1 aliphatic carbocycles. The van der Waals surface area contributed by atoms with E-state index < -0.39 is 29.3 Å². The zero-order valence-corrected chi connectivity index (χ0v) is 19.4. The van der Waals surface area contributed by atoms with E-state index in [1.807, 2.05) is 0 Å². The van der Waals surface area contributed by atoms with E-state index in [0.29, 0.717) is 18.4 Å². The normalized spacial score (nSPS) is 15.2. The maximum Gasteiger partial charge on any atom is 0.419 e. The topological polar surface area (TPSA) is 101 Å². The number of carbonyl (C=O) groups is 2. The zero-order chi connectivity index (χ0) is 25.2. The molecule has 1 fully saturated rings. The summed E-state index contributed by atoms with van der Waals surface area (Å²) in [6.07, 6.45) is -3.13. The Kier molecular flexibility index (Phi) is 6.82. The van der Waals surface area contributed by atoms with Crippen molar-refractivity contribution in [3.8, 4) is 11.5 Å². The van der Waals surface area contributed by atoms with Gasteiger partial charge in [-0.2, -0.15) is 13.2 Å². The van der Waals surface area contributed by atoms with Gasteiger partial charge in [0.2, 0.25) is 5.91 Å². The number of thiazole rings is 1. The number of aliphatic hydroxyl groups is 1. The highest BCUT2D eigenvalue weighted by atomic mass is 32.1. The minimum Gasteiger partial charge on any atom is -0.457 e. The van der Waals surface area contributed by atoms with Gasteiger partial charge in [0.05, 0.1) is 11.7 Å². The quantitative estimate of drug-likeness (QED) is 0.416. The van der Waals surface area contributed by atoms with E-state index in [9.17, 15) is 27.9 Å². The first-order valence-corrected chi connectivity index (χ1v) is 11.6. The number of aromatic nitrogens is 1. The van der Waals surface area contributed by atoms with E-state index >= 15 is 0 Å². The smallest absolute Gasteiger partial charge is 0.419 e. The molecule has 11 heteroatoms. The van der Waals surface area contributed by atoms with Crippen molar-refractivity contribution < 1.29 is 32.6 Å². The lowest BCUT2D eigenvalue weighted by Gasteiger charge is -2.17. The molecule has 3 aromatic rings. The summed E-state index contributed by atoms with van der Waals surface area (Å²) in [5, 5.41) is 17.1. The molecule has 2 amide bonds. The second kappa shape index (κ2) is 9.67. The number of amides is 2. The van der Waals surface area contributed by atoms with E-state index in [1.165, 1.54) is 48.7 Å². The lowest BCUT2D eigenvalue weighted by Crippen LogP contribution is -2.48. The standard InChI is InChI=1S/C24H22F3N3O4S/c1-14(31)16-4-7-19(18(12-16)24(25,26)27)34-17-5-2-15(3-6-17)13-29-22(33)23(8-9-23)30-20(32)21-28-10-11-35-21/h2-7,10-12,14,31H,8-9,13H2,1H3,(H,29,33)(H,30,32). The summed E-state index contributed by atoms with van der Waals surface area (Å²) in [6.45, 7) is 1.55. The third kappa shape index (κ3) is 5.80. The van der Waals surface area contributed by atoms with Crippen molar-refractivity contribution in [2.24, 2.45) is 0 Å². The molecule has 35 heavy (non-hydrogen) atoms. The first-order valence-electron chi connectivity index (χ1n) is 10.7. The number of carbonyl (C=O) groups excluding carboxylic acids is 2. The molecular formula is C24H22F3N3O4S. The molecular weight excluding hydrogens is 483 g/mol. The summed E-state index contributed by atoms with van der Waals surface area (Å²) < 4.78 is 45.8. The molecule has 1 aromatic heterocycles. The highest BCUT2D eigenvalue weighted by Crippen LogP contribution is 2.40. The number of alkyl halides is 3. The Morgan fingerprint density at radius 2 is 1.91 bits per heavy atom. The van der Waals surface area contributed by atoms with Gasteiger partial charge >= 0.3 is 6.18 Å². The summed E-state index contributed by atoms with van der Waals surface area (Å²) >= 11 is 1.19. The molecule has 0 bridgehead atoms. The average molecular weight is 506 g/mol. The molecule has 7 nitrogen and oxygen atoms in total. The number of nitrogens with zero attached hydrogens (tertiary/aromatic N) is 1. The number of aliphatic hydroxyl groups excluding tert-OH is 1. The number of halogens is 3. The fourth-order valence-corrected chi connectivity index (χ4v) is 3.94. The Morgan fingerprint density at radius 1 is 1.20 bits per heavy atom. The Labute approximate surface area is 203 Å². The number of nitrogens with one attached hydrogen (secondary N) is 2. The maximum absolute atomic E-state index is 13.5. The molecule has 0 aliphatic heterocycles. The fraction of sp³-hybridized carbons (Fsp3) is 0.292. The first-order chi connectivity index (χ1) is 16.6. The Balaban J connectivity index is 1.37. The van der Waals surface area contributed by atoms with Gasteiger partial charge < -0.3 is 20.5 Å². The van der Waals surface area contributed by atoms with Crippen LogP contribution < -0.4 is 15.4 Å². The van der Waals surface area contributed by atoms with Crippen molar-refractivity contribution >= 4 is 23.2 Å². The lowest BCUT2D eigenvalue weighted by atomic mass is 10.1. The summed E-state index contributed by atoms with van der Waals surface area (Å²) in [7, 11) is 0. The van der Waals surface area contributed by atoms with Gasteiger partial charge in [-0.3, -0.25) is 9.59 Å². The molecule has 0 radical (unpaired) electrons. The molecule has 0 saturated heterocycles. The van der Waals surface area contributed by atoms with Gasteiger partial charge in [-0.1, -0.05) is 18.2 Å². The number of benzene rings is 2. The zero-order valence-electron chi connectivity index (χ0n) is 18.6. The highest BCUT2D eigenvalue weighted by Gasteiger charge is 2.51. The molecule has 1 atom stereocenters. The van der Waals surface area contributed by atoms with Crippen LogP contribution in [0.5, 0.6) is 11.5 Å². The second-order valence-electron chi connectivity index (χ2n) is 8.23. The molecule has 0 spiro atoms. The van der Waals surface area contributed by atoms with E-state index in [1.54, 1.807) is 17.5 Å². The largest absolute Gasteiger partial charge is 0.457 e. The van der Waals surface area contributed by atoms with E-state index in [2.05, 4.69) is 15.6 Å². The number of rotatable bonds is 8. The Morgan fingerprint density at radius 3 is 2.49 bits per heavy atom. The third-order valence-electron chi connectivity index (χ3n) is 5.56. The predicted molar refractivity (Wildman–Crippen MR) is 122 cm³/mol. The lowest BCUT2D eigenvalue weighted by molar-refractivity contribution is -0.138. The van der Waals surface area contributed by atoms with Crippen molar-refractivity contribution in [3.05, 3.63) is 75.7 Å². The van der Waals surface area contributed by atoms with Crippen molar-refractivity contribution in [3.63, 3.8) is 0 Å². The highest BCUT2D eigenvalue weighted by molar-refractivity contribution is 7.11. The van der Waals surface area contributed by atoms with E-state index in [4.69, 9.17) is 4.74 Å². The maximum atomic E-state index is 13.5. The van der Waals surface area contributed by atoms with E-state index in [0.717, 1.165) is 6.07 Å². The van der Waals surface area contributed by atoms with Crippen LogP contribution in [0.15, 0.2) is 54.0 Å². The first kappa shape index (κ1) is 24.7. The van der Waals surface area contributed by atoms with Crippen LogP contribution in [0.2, 0.25) is 0 Å². The minimum absolute atomic E-state index is 0.132. The van der Waals surface area contributed by atoms with Crippen LogP contribution >= 0.6 is 11.3 Å². The fourth-order valence-electron chi connectivity index (χ4n) is 3.41. The van der Waals surface area contributed by atoms with Crippen LogP contribution in [0.1, 0.15) is 52.4 Å². The van der Waals surface area contributed by atoms with Crippen LogP contribution in [-0.4, -0.2) is 27.4 Å². The third-order valence-corrected chi connectivity index (χ3v) is 6.33. The van der Waals surface area contributed by atoms with Crippen LogP contribution in [0.3, 0.4) is 0 Å². The monoisotopic (exact) mass is 505 g/mol. The van der Waals surface area contributed by atoms with Crippen LogP contribution in [-0.2, 0) is 17.5 Å². The predicted octanol–water partition coefficient (Wildman–Crippen LogP) is 4.59.